The maximum Gasteiger partial charge on any atom is 0.253 e. The molecular formula is C17H25N3O3S. The van der Waals surface area contributed by atoms with E-state index in [1.807, 2.05) is 17.9 Å². The fourth-order valence-corrected chi connectivity index (χ4v) is 5.45. The number of hydrogen-bond acceptors (Lipinski definition) is 5. The monoisotopic (exact) mass is 351 g/mol. The fourth-order valence-electron chi connectivity index (χ4n) is 3.72. The molecule has 0 bridgehead atoms. The standard InChI is InChI=1S/C17H25N3O3S/c1-2-20(15-7-8-24(22,23)12-15)16-9-13(10-18-11-16)17(21)19-14-5-3-4-6-14/h9-11,14-15H,2-8,12H2,1H3,(H,19,21). The molecule has 1 aromatic rings. The highest BCUT2D eigenvalue weighted by molar-refractivity contribution is 7.91. The largest absolute Gasteiger partial charge is 0.367 e. The van der Waals surface area contributed by atoms with Crippen LogP contribution < -0.4 is 10.2 Å². The Hall–Kier alpha value is -1.63. The average molecular weight is 351 g/mol. The van der Waals surface area contributed by atoms with Crippen molar-refractivity contribution in [2.24, 2.45) is 0 Å². The number of carbonyl (C=O) groups excluding carboxylic acids is 1. The van der Waals surface area contributed by atoms with Gasteiger partial charge in [-0.3, -0.25) is 9.78 Å². The van der Waals surface area contributed by atoms with Crippen molar-refractivity contribution < 1.29 is 13.2 Å². The molecule has 3 rings (SSSR count). The molecule has 2 fully saturated rings. The summed E-state index contributed by atoms with van der Waals surface area (Å²) >= 11 is 0. The lowest BCUT2D eigenvalue weighted by Crippen LogP contribution is -2.37. The van der Waals surface area contributed by atoms with E-state index in [1.54, 1.807) is 12.4 Å². The van der Waals surface area contributed by atoms with Crippen LogP contribution in [0.25, 0.3) is 0 Å². The Morgan fingerprint density at radius 2 is 2.04 bits per heavy atom. The molecule has 1 unspecified atom stereocenters. The quantitative estimate of drug-likeness (QED) is 0.874. The number of pyridine rings is 1. The topological polar surface area (TPSA) is 79.4 Å². The van der Waals surface area contributed by atoms with E-state index in [1.165, 1.54) is 12.8 Å². The number of aromatic nitrogens is 1. The van der Waals surface area contributed by atoms with Gasteiger partial charge in [0.15, 0.2) is 9.84 Å². The van der Waals surface area contributed by atoms with Gasteiger partial charge in [-0.25, -0.2) is 8.42 Å². The van der Waals surface area contributed by atoms with Gasteiger partial charge in [0.1, 0.15) is 0 Å². The first-order chi connectivity index (χ1) is 11.5. The number of nitrogens with zero attached hydrogens (tertiary/aromatic N) is 2. The van der Waals surface area contributed by atoms with Crippen molar-refractivity contribution >= 4 is 21.4 Å². The first-order valence-electron chi connectivity index (χ1n) is 8.71. The third-order valence-electron chi connectivity index (χ3n) is 5.00. The van der Waals surface area contributed by atoms with Crippen LogP contribution in [0.3, 0.4) is 0 Å². The molecule has 2 aliphatic rings. The third kappa shape index (κ3) is 3.88. The number of sulfone groups is 1. The van der Waals surface area contributed by atoms with E-state index in [0.29, 0.717) is 18.5 Å². The maximum atomic E-state index is 12.4. The van der Waals surface area contributed by atoms with Crippen LogP contribution in [0.5, 0.6) is 0 Å². The lowest BCUT2D eigenvalue weighted by molar-refractivity contribution is 0.0937. The van der Waals surface area contributed by atoms with E-state index in [-0.39, 0.29) is 29.5 Å². The van der Waals surface area contributed by atoms with Gasteiger partial charge in [0.2, 0.25) is 0 Å². The summed E-state index contributed by atoms with van der Waals surface area (Å²) in [6.07, 6.45) is 8.34. The van der Waals surface area contributed by atoms with E-state index in [9.17, 15) is 13.2 Å². The second-order valence-electron chi connectivity index (χ2n) is 6.73. The zero-order valence-electron chi connectivity index (χ0n) is 14.1. The summed E-state index contributed by atoms with van der Waals surface area (Å²) in [5.74, 6) is 0.328. The second kappa shape index (κ2) is 7.09. The van der Waals surface area contributed by atoms with E-state index in [4.69, 9.17) is 0 Å². The van der Waals surface area contributed by atoms with Crippen LogP contribution >= 0.6 is 0 Å². The lowest BCUT2D eigenvalue weighted by Gasteiger charge is -2.29. The lowest BCUT2D eigenvalue weighted by atomic mass is 10.1. The number of nitrogens with one attached hydrogen (secondary N) is 1. The van der Waals surface area contributed by atoms with Crippen LogP contribution in [-0.2, 0) is 9.84 Å². The predicted molar refractivity (Wildman–Crippen MR) is 94.0 cm³/mol. The summed E-state index contributed by atoms with van der Waals surface area (Å²) in [5, 5.41) is 3.07. The van der Waals surface area contributed by atoms with Crippen molar-refractivity contribution in [1.82, 2.24) is 10.3 Å². The molecule has 0 spiro atoms. The Balaban J connectivity index is 1.74. The summed E-state index contributed by atoms with van der Waals surface area (Å²) in [7, 11) is -2.94. The van der Waals surface area contributed by atoms with Gasteiger partial charge in [0.25, 0.3) is 5.91 Å². The summed E-state index contributed by atoms with van der Waals surface area (Å²) in [5.41, 5.74) is 1.36. The van der Waals surface area contributed by atoms with Gasteiger partial charge in [0, 0.05) is 24.8 Å². The molecule has 2 heterocycles. The third-order valence-corrected chi connectivity index (χ3v) is 6.75. The molecule has 1 amide bonds. The maximum absolute atomic E-state index is 12.4. The van der Waals surface area contributed by atoms with Crippen LogP contribution in [0.1, 0.15) is 49.4 Å². The molecule has 132 valence electrons. The van der Waals surface area contributed by atoms with Crippen LogP contribution in [0, 0.1) is 0 Å². The number of hydrogen-bond donors (Lipinski definition) is 1. The average Bonchev–Trinajstić information content (AvgIpc) is 3.18. The molecule has 0 radical (unpaired) electrons. The van der Waals surface area contributed by atoms with E-state index >= 15 is 0 Å². The number of anilines is 1. The van der Waals surface area contributed by atoms with Crippen LogP contribution in [0.2, 0.25) is 0 Å². The van der Waals surface area contributed by atoms with Crippen molar-refractivity contribution in [3.8, 4) is 0 Å². The highest BCUT2D eigenvalue weighted by atomic mass is 32.2. The Morgan fingerprint density at radius 1 is 1.29 bits per heavy atom. The molecule has 1 aliphatic heterocycles. The molecule has 0 aromatic carbocycles. The van der Waals surface area contributed by atoms with Gasteiger partial charge in [0.05, 0.1) is 29.0 Å². The minimum absolute atomic E-state index is 0.0325. The van der Waals surface area contributed by atoms with Crippen molar-refractivity contribution in [2.75, 3.05) is 23.0 Å². The summed E-state index contributed by atoms with van der Waals surface area (Å²) in [6.45, 7) is 2.69. The smallest absolute Gasteiger partial charge is 0.253 e. The number of carbonyl (C=O) groups is 1. The minimum Gasteiger partial charge on any atom is -0.367 e. The van der Waals surface area contributed by atoms with Gasteiger partial charge in [-0.2, -0.15) is 0 Å². The molecule has 24 heavy (non-hydrogen) atoms. The molecule has 1 N–H and O–H groups in total. The van der Waals surface area contributed by atoms with Crippen molar-refractivity contribution in [1.29, 1.82) is 0 Å². The molecule has 7 heteroatoms. The van der Waals surface area contributed by atoms with E-state index in [2.05, 4.69) is 10.3 Å². The van der Waals surface area contributed by atoms with Crippen molar-refractivity contribution in [3.63, 3.8) is 0 Å². The van der Waals surface area contributed by atoms with Crippen LogP contribution in [-0.4, -0.2) is 49.4 Å². The minimum atomic E-state index is -2.94. The molecule has 1 saturated heterocycles. The molecule has 1 aliphatic carbocycles. The highest BCUT2D eigenvalue weighted by Crippen LogP contribution is 2.25. The van der Waals surface area contributed by atoms with Gasteiger partial charge < -0.3 is 10.2 Å². The Bertz CT molecular complexity index is 699. The molecular weight excluding hydrogens is 326 g/mol. The van der Waals surface area contributed by atoms with Crippen molar-refractivity contribution in [3.05, 3.63) is 24.0 Å². The SMILES string of the molecule is CCN(c1cncc(C(=O)NC2CCCC2)c1)C1CCS(=O)(=O)C1. The van der Waals surface area contributed by atoms with E-state index < -0.39 is 9.84 Å². The Morgan fingerprint density at radius 3 is 2.67 bits per heavy atom. The zero-order chi connectivity index (χ0) is 17.2. The van der Waals surface area contributed by atoms with Crippen LogP contribution in [0.15, 0.2) is 18.5 Å². The molecule has 1 atom stereocenters. The van der Waals surface area contributed by atoms with Gasteiger partial charge >= 0.3 is 0 Å². The van der Waals surface area contributed by atoms with Crippen LogP contribution in [0.4, 0.5) is 5.69 Å². The van der Waals surface area contributed by atoms with E-state index in [0.717, 1.165) is 18.5 Å². The van der Waals surface area contributed by atoms with Gasteiger partial charge in [-0.15, -0.1) is 0 Å². The number of rotatable bonds is 5. The molecule has 1 aromatic heterocycles. The highest BCUT2D eigenvalue weighted by Gasteiger charge is 2.32. The fraction of sp³-hybridized carbons (Fsp3) is 0.647. The Kier molecular flexibility index (Phi) is 5.08. The summed E-state index contributed by atoms with van der Waals surface area (Å²) < 4.78 is 23.5. The summed E-state index contributed by atoms with van der Waals surface area (Å²) in [6, 6.07) is 2.06. The van der Waals surface area contributed by atoms with Gasteiger partial charge in [-0.1, -0.05) is 12.8 Å². The Labute approximate surface area is 143 Å². The van der Waals surface area contributed by atoms with Crippen molar-refractivity contribution in [2.45, 2.75) is 51.1 Å². The first kappa shape index (κ1) is 17.2. The first-order valence-corrected chi connectivity index (χ1v) is 10.5. The van der Waals surface area contributed by atoms with Gasteiger partial charge in [-0.05, 0) is 32.3 Å². The molecule has 6 nitrogen and oxygen atoms in total. The predicted octanol–water partition coefficient (Wildman–Crippen LogP) is 1.77. The normalized spacial score (nSPS) is 23.3. The zero-order valence-corrected chi connectivity index (χ0v) is 14.9. The number of amides is 1. The molecule has 1 saturated carbocycles. The second-order valence-corrected chi connectivity index (χ2v) is 8.96. The summed E-state index contributed by atoms with van der Waals surface area (Å²) in [4.78, 5) is 18.7.